The van der Waals surface area contributed by atoms with Crippen LogP contribution in [-0.4, -0.2) is 14.5 Å². The van der Waals surface area contributed by atoms with Crippen LogP contribution < -0.4 is 0 Å². The van der Waals surface area contributed by atoms with Crippen molar-refractivity contribution in [1.29, 1.82) is 0 Å². The van der Waals surface area contributed by atoms with Gasteiger partial charge in [0.1, 0.15) is 11.3 Å². The van der Waals surface area contributed by atoms with Gasteiger partial charge in [0, 0.05) is 5.69 Å². The highest BCUT2D eigenvalue weighted by Crippen LogP contribution is 2.29. The van der Waals surface area contributed by atoms with Gasteiger partial charge in [0.05, 0.1) is 11.1 Å². The van der Waals surface area contributed by atoms with E-state index in [2.05, 4.69) is 9.97 Å². The second-order valence-corrected chi connectivity index (χ2v) is 5.44. The zero-order chi connectivity index (χ0) is 15.1. The van der Waals surface area contributed by atoms with Crippen molar-refractivity contribution in [2.24, 2.45) is 0 Å². The molecular formula is C15H12ClF2N3. The Hall–Kier alpha value is -2.01. The van der Waals surface area contributed by atoms with Gasteiger partial charge in [-0.3, -0.25) is 4.57 Å². The summed E-state index contributed by atoms with van der Waals surface area (Å²) in [5, 5.41) is -0.470. The van der Waals surface area contributed by atoms with Gasteiger partial charge >= 0.3 is 0 Å². The average Bonchev–Trinajstić information content (AvgIpc) is 2.80. The molecule has 3 rings (SSSR count). The van der Waals surface area contributed by atoms with Gasteiger partial charge in [0.25, 0.3) is 0 Å². The molecule has 0 fully saturated rings. The molecule has 3 aromatic rings. The van der Waals surface area contributed by atoms with E-state index in [9.17, 15) is 8.78 Å². The molecule has 0 spiro atoms. The van der Waals surface area contributed by atoms with E-state index >= 15 is 0 Å². The zero-order valence-electron chi connectivity index (χ0n) is 11.4. The number of fused-ring (bicyclic) bond motifs is 1. The van der Waals surface area contributed by atoms with Crippen molar-refractivity contribution >= 4 is 22.8 Å². The average molecular weight is 308 g/mol. The first kappa shape index (κ1) is 13.9. The van der Waals surface area contributed by atoms with E-state index in [-0.39, 0.29) is 5.69 Å². The van der Waals surface area contributed by atoms with Crippen LogP contribution in [0.3, 0.4) is 0 Å². The number of nitrogens with zero attached hydrogens (tertiary/aromatic N) is 3. The molecule has 0 amide bonds. The Balaban J connectivity index is 2.41. The van der Waals surface area contributed by atoms with Gasteiger partial charge in [0.15, 0.2) is 17.3 Å². The predicted molar refractivity (Wildman–Crippen MR) is 77.8 cm³/mol. The topological polar surface area (TPSA) is 30.7 Å². The van der Waals surface area contributed by atoms with E-state index in [0.717, 1.165) is 11.8 Å². The standard InChI is InChI=1S/C15H12ClF2N3/c1-8-6-7-11-15(19-8)21(14(20-11)9(2)16)12-5-3-4-10(17)13(12)18/h3-7,9H,1-2H3. The van der Waals surface area contributed by atoms with Crippen LogP contribution in [0.4, 0.5) is 8.78 Å². The lowest BCUT2D eigenvalue weighted by Crippen LogP contribution is -2.06. The van der Waals surface area contributed by atoms with Crippen molar-refractivity contribution in [3.63, 3.8) is 0 Å². The largest absolute Gasteiger partial charge is 0.276 e. The number of halogens is 3. The molecule has 0 saturated heterocycles. The first-order valence-corrected chi connectivity index (χ1v) is 6.87. The quantitative estimate of drug-likeness (QED) is 0.661. The van der Waals surface area contributed by atoms with E-state index in [1.165, 1.54) is 16.7 Å². The van der Waals surface area contributed by atoms with Crippen molar-refractivity contribution in [3.05, 3.63) is 53.5 Å². The number of hydrogen-bond acceptors (Lipinski definition) is 2. The highest BCUT2D eigenvalue weighted by Gasteiger charge is 2.21. The van der Waals surface area contributed by atoms with Crippen LogP contribution in [0.5, 0.6) is 0 Å². The Kier molecular flexibility index (Phi) is 3.37. The molecule has 0 aliphatic rings. The second kappa shape index (κ2) is 5.07. The molecule has 1 aromatic carbocycles. The van der Waals surface area contributed by atoms with E-state index in [1.807, 2.05) is 13.0 Å². The minimum absolute atomic E-state index is 0.0538. The lowest BCUT2D eigenvalue weighted by Gasteiger charge is -2.11. The van der Waals surface area contributed by atoms with Crippen LogP contribution in [0.15, 0.2) is 30.3 Å². The number of aromatic nitrogens is 3. The Morgan fingerprint density at radius 2 is 1.90 bits per heavy atom. The molecule has 3 nitrogen and oxygen atoms in total. The fourth-order valence-electron chi connectivity index (χ4n) is 2.24. The number of imidazole rings is 1. The van der Waals surface area contributed by atoms with Gasteiger partial charge in [0.2, 0.25) is 0 Å². The maximum Gasteiger partial charge on any atom is 0.182 e. The molecule has 1 atom stereocenters. The molecule has 2 aromatic heterocycles. The van der Waals surface area contributed by atoms with Crippen molar-refractivity contribution in [2.45, 2.75) is 19.2 Å². The highest BCUT2D eigenvalue weighted by molar-refractivity contribution is 6.20. The fraction of sp³-hybridized carbons (Fsp3) is 0.200. The summed E-state index contributed by atoms with van der Waals surface area (Å²) in [7, 11) is 0. The summed E-state index contributed by atoms with van der Waals surface area (Å²) in [6.45, 7) is 3.55. The van der Waals surface area contributed by atoms with Gasteiger partial charge in [-0.1, -0.05) is 6.07 Å². The summed E-state index contributed by atoms with van der Waals surface area (Å²) in [5.74, 6) is -1.44. The third-order valence-electron chi connectivity index (χ3n) is 3.20. The van der Waals surface area contributed by atoms with Gasteiger partial charge in [-0.25, -0.2) is 18.7 Å². The lowest BCUT2D eigenvalue weighted by molar-refractivity contribution is 0.504. The van der Waals surface area contributed by atoms with Gasteiger partial charge < -0.3 is 0 Å². The SMILES string of the molecule is Cc1ccc2nc(C(C)Cl)n(-c3cccc(F)c3F)c2n1. The molecule has 21 heavy (non-hydrogen) atoms. The molecule has 0 aliphatic carbocycles. The summed E-state index contributed by atoms with van der Waals surface area (Å²) in [4.78, 5) is 8.76. The molecule has 0 radical (unpaired) electrons. The van der Waals surface area contributed by atoms with Crippen LogP contribution >= 0.6 is 11.6 Å². The zero-order valence-corrected chi connectivity index (χ0v) is 12.2. The summed E-state index contributed by atoms with van der Waals surface area (Å²) in [6, 6.07) is 7.59. The molecule has 0 bridgehead atoms. The fourth-order valence-corrected chi connectivity index (χ4v) is 2.39. The number of alkyl halides is 1. The molecule has 0 saturated carbocycles. The molecule has 6 heteroatoms. The van der Waals surface area contributed by atoms with Crippen molar-refractivity contribution in [3.8, 4) is 5.69 Å². The van der Waals surface area contributed by atoms with Gasteiger partial charge in [-0.05, 0) is 38.1 Å². The maximum atomic E-state index is 14.1. The highest BCUT2D eigenvalue weighted by atomic mass is 35.5. The Morgan fingerprint density at radius 3 is 2.62 bits per heavy atom. The van der Waals surface area contributed by atoms with Gasteiger partial charge in [-0.2, -0.15) is 0 Å². The Morgan fingerprint density at radius 1 is 1.14 bits per heavy atom. The molecular weight excluding hydrogens is 296 g/mol. The summed E-state index contributed by atoms with van der Waals surface area (Å²) >= 11 is 6.13. The predicted octanol–water partition coefficient (Wildman–Crippen LogP) is 4.31. The van der Waals surface area contributed by atoms with Gasteiger partial charge in [-0.15, -0.1) is 11.6 Å². The number of rotatable bonds is 2. The summed E-state index contributed by atoms with van der Waals surface area (Å²) < 4.78 is 29.1. The Bertz CT molecular complexity index is 827. The van der Waals surface area contributed by atoms with Crippen LogP contribution in [0.2, 0.25) is 0 Å². The first-order chi connectivity index (χ1) is 9.99. The summed E-state index contributed by atoms with van der Waals surface area (Å²) in [6.07, 6.45) is 0. The van der Waals surface area contributed by atoms with E-state index < -0.39 is 17.0 Å². The number of hydrogen-bond donors (Lipinski definition) is 0. The molecule has 0 aliphatic heterocycles. The third-order valence-corrected chi connectivity index (χ3v) is 3.39. The van der Waals surface area contributed by atoms with Crippen molar-refractivity contribution in [2.75, 3.05) is 0 Å². The molecule has 1 unspecified atom stereocenters. The molecule has 0 N–H and O–H groups in total. The number of benzene rings is 1. The van der Waals surface area contributed by atoms with Crippen LogP contribution in [0.25, 0.3) is 16.9 Å². The third kappa shape index (κ3) is 2.27. The van der Waals surface area contributed by atoms with Crippen LogP contribution in [0.1, 0.15) is 23.8 Å². The number of pyridine rings is 1. The number of aryl methyl sites for hydroxylation is 1. The van der Waals surface area contributed by atoms with Crippen LogP contribution in [0, 0.1) is 18.6 Å². The van der Waals surface area contributed by atoms with E-state index in [4.69, 9.17) is 11.6 Å². The second-order valence-electron chi connectivity index (χ2n) is 4.79. The van der Waals surface area contributed by atoms with Crippen molar-refractivity contribution in [1.82, 2.24) is 14.5 Å². The van der Waals surface area contributed by atoms with E-state index in [0.29, 0.717) is 17.0 Å². The molecule has 2 heterocycles. The molecule has 108 valence electrons. The van der Waals surface area contributed by atoms with E-state index in [1.54, 1.807) is 13.0 Å². The first-order valence-electron chi connectivity index (χ1n) is 6.43. The normalized spacial score (nSPS) is 12.8. The minimum Gasteiger partial charge on any atom is -0.276 e. The monoisotopic (exact) mass is 307 g/mol. The van der Waals surface area contributed by atoms with Crippen LogP contribution in [-0.2, 0) is 0 Å². The minimum atomic E-state index is -0.946. The summed E-state index contributed by atoms with van der Waals surface area (Å²) in [5.41, 5.74) is 1.86. The maximum absolute atomic E-state index is 14.1. The Labute approximate surface area is 125 Å². The smallest absolute Gasteiger partial charge is 0.182 e. The van der Waals surface area contributed by atoms with Crippen molar-refractivity contribution < 1.29 is 8.78 Å². The lowest BCUT2D eigenvalue weighted by atomic mass is 10.2.